The molecule has 3 amide bonds. The monoisotopic (exact) mass is 417 g/mol. The molecule has 0 aliphatic carbocycles. The van der Waals surface area contributed by atoms with E-state index in [9.17, 15) is 14.4 Å². The van der Waals surface area contributed by atoms with Crippen molar-refractivity contribution < 1.29 is 14.4 Å². The molecule has 0 fully saturated rings. The van der Waals surface area contributed by atoms with Gasteiger partial charge in [-0.2, -0.15) is 0 Å². The summed E-state index contributed by atoms with van der Waals surface area (Å²) in [6.45, 7) is 5.59. The molecule has 1 aromatic rings. The Bertz CT molecular complexity index is 557. The molecule has 8 heteroatoms. The van der Waals surface area contributed by atoms with Crippen LogP contribution in [0.15, 0.2) is 15.9 Å². The van der Waals surface area contributed by atoms with Gasteiger partial charge in [0.25, 0.3) is 5.91 Å². The summed E-state index contributed by atoms with van der Waals surface area (Å²) in [5.41, 5.74) is 4.74. The fraction of sp³-hybridized carbons (Fsp3) is 0.562. The van der Waals surface area contributed by atoms with E-state index in [0.29, 0.717) is 17.7 Å². The van der Waals surface area contributed by atoms with Crippen LogP contribution in [-0.4, -0.2) is 35.7 Å². The Labute approximate surface area is 155 Å². The number of thiophene rings is 1. The Kier molecular flexibility index (Phi) is 9.63. The topological polar surface area (TPSA) is 78.5 Å². The normalized spacial score (nSPS) is 10.3. The van der Waals surface area contributed by atoms with Crippen LogP contribution in [-0.2, 0) is 9.59 Å². The van der Waals surface area contributed by atoms with Crippen LogP contribution >= 0.6 is 27.3 Å². The Hall–Kier alpha value is -1.41. The number of hydrogen-bond donors (Lipinski definition) is 2. The van der Waals surface area contributed by atoms with Gasteiger partial charge in [-0.05, 0) is 47.3 Å². The summed E-state index contributed by atoms with van der Waals surface area (Å²) in [7, 11) is 0. The molecule has 0 saturated heterocycles. The molecule has 1 rings (SSSR count). The molecular formula is C16H24BrN3O3S. The number of halogens is 1. The molecule has 0 radical (unpaired) electrons. The highest BCUT2D eigenvalue weighted by molar-refractivity contribution is 9.11. The van der Waals surface area contributed by atoms with Crippen molar-refractivity contribution in [3.05, 3.63) is 20.8 Å². The molecular weight excluding hydrogens is 394 g/mol. The number of hydrogen-bond acceptors (Lipinski definition) is 4. The minimum Gasteiger partial charge on any atom is -0.343 e. The molecule has 0 unspecified atom stereocenters. The third-order valence-corrected chi connectivity index (χ3v) is 4.87. The Balaban J connectivity index is 2.26. The van der Waals surface area contributed by atoms with Gasteiger partial charge >= 0.3 is 0 Å². The summed E-state index contributed by atoms with van der Waals surface area (Å²) >= 11 is 4.56. The van der Waals surface area contributed by atoms with E-state index in [4.69, 9.17) is 0 Å². The highest BCUT2D eigenvalue weighted by atomic mass is 79.9. The van der Waals surface area contributed by atoms with Crippen LogP contribution in [0.25, 0.3) is 0 Å². The predicted octanol–water partition coefficient (Wildman–Crippen LogP) is 3.09. The number of carbonyl (C=O) groups is 3. The zero-order chi connectivity index (χ0) is 17.9. The van der Waals surface area contributed by atoms with Gasteiger partial charge < -0.3 is 4.90 Å². The first kappa shape index (κ1) is 20.6. The molecule has 1 heterocycles. The summed E-state index contributed by atoms with van der Waals surface area (Å²) in [6, 6.07) is 3.44. The molecule has 0 saturated carbocycles. The predicted molar refractivity (Wildman–Crippen MR) is 98.6 cm³/mol. The minimum absolute atomic E-state index is 0.0824. The lowest BCUT2D eigenvalue weighted by atomic mass is 10.2. The minimum atomic E-state index is -0.354. The standard InChI is InChI=1S/C16H24BrN3O3S/c1-3-10-20(11-4-2)15(22)7-5-6-14(21)18-19-16(23)12-8-9-13(17)24-12/h8-9H,3-7,10-11H2,1-2H3,(H,18,21)(H,19,23). The average Bonchev–Trinajstić information content (AvgIpc) is 2.99. The van der Waals surface area contributed by atoms with Gasteiger partial charge in [0.15, 0.2) is 0 Å². The van der Waals surface area contributed by atoms with Gasteiger partial charge in [-0.15, -0.1) is 11.3 Å². The van der Waals surface area contributed by atoms with Crippen LogP contribution in [0.5, 0.6) is 0 Å². The van der Waals surface area contributed by atoms with Crippen molar-refractivity contribution in [2.75, 3.05) is 13.1 Å². The van der Waals surface area contributed by atoms with Crippen LogP contribution in [0.1, 0.15) is 55.6 Å². The summed E-state index contributed by atoms with van der Waals surface area (Å²) < 4.78 is 0.848. The second kappa shape index (κ2) is 11.2. The first-order valence-electron chi connectivity index (χ1n) is 8.10. The highest BCUT2D eigenvalue weighted by Crippen LogP contribution is 2.21. The Morgan fingerprint density at radius 2 is 1.75 bits per heavy atom. The molecule has 134 valence electrons. The molecule has 0 aliphatic rings. The highest BCUT2D eigenvalue weighted by Gasteiger charge is 2.13. The van der Waals surface area contributed by atoms with Crippen molar-refractivity contribution in [3.8, 4) is 0 Å². The maximum Gasteiger partial charge on any atom is 0.279 e. The van der Waals surface area contributed by atoms with Gasteiger partial charge in [-0.25, -0.2) is 0 Å². The molecule has 6 nitrogen and oxygen atoms in total. The zero-order valence-corrected chi connectivity index (χ0v) is 16.5. The SMILES string of the molecule is CCCN(CCC)C(=O)CCCC(=O)NNC(=O)c1ccc(Br)s1. The van der Waals surface area contributed by atoms with E-state index in [1.165, 1.54) is 11.3 Å². The van der Waals surface area contributed by atoms with Gasteiger partial charge in [0.05, 0.1) is 8.66 Å². The summed E-state index contributed by atoms with van der Waals surface area (Å²) in [5.74, 6) is -0.574. The van der Waals surface area contributed by atoms with Crippen LogP contribution in [0.2, 0.25) is 0 Å². The Morgan fingerprint density at radius 3 is 2.29 bits per heavy atom. The molecule has 0 bridgehead atoms. The molecule has 0 atom stereocenters. The maximum atomic E-state index is 12.1. The van der Waals surface area contributed by atoms with Gasteiger partial charge in [0, 0.05) is 25.9 Å². The number of amides is 3. The lowest BCUT2D eigenvalue weighted by Gasteiger charge is -2.21. The van der Waals surface area contributed by atoms with Crippen molar-refractivity contribution >= 4 is 45.0 Å². The zero-order valence-electron chi connectivity index (χ0n) is 14.1. The number of nitrogens with one attached hydrogen (secondary N) is 2. The lowest BCUT2D eigenvalue weighted by molar-refractivity contribution is -0.131. The second-order valence-electron chi connectivity index (χ2n) is 5.34. The average molecular weight is 418 g/mol. The molecule has 1 aromatic heterocycles. The smallest absolute Gasteiger partial charge is 0.279 e. The summed E-state index contributed by atoms with van der Waals surface area (Å²) in [4.78, 5) is 37.9. The number of hydrazine groups is 1. The van der Waals surface area contributed by atoms with Crippen LogP contribution in [0.3, 0.4) is 0 Å². The van der Waals surface area contributed by atoms with Crippen LogP contribution in [0, 0.1) is 0 Å². The van der Waals surface area contributed by atoms with Crippen molar-refractivity contribution in [1.82, 2.24) is 15.8 Å². The van der Waals surface area contributed by atoms with E-state index in [1.807, 2.05) is 18.7 Å². The van der Waals surface area contributed by atoms with Crippen LogP contribution in [0.4, 0.5) is 0 Å². The van der Waals surface area contributed by atoms with Gasteiger partial charge in [0.1, 0.15) is 0 Å². The fourth-order valence-electron chi connectivity index (χ4n) is 2.15. The largest absolute Gasteiger partial charge is 0.343 e. The summed E-state index contributed by atoms with van der Waals surface area (Å²) in [6.07, 6.45) is 2.87. The Morgan fingerprint density at radius 1 is 1.08 bits per heavy atom. The molecule has 0 aliphatic heterocycles. The quantitative estimate of drug-likeness (QED) is 0.605. The first-order chi connectivity index (χ1) is 11.5. The van der Waals surface area contributed by atoms with Crippen LogP contribution < -0.4 is 10.9 Å². The first-order valence-corrected chi connectivity index (χ1v) is 9.71. The van der Waals surface area contributed by atoms with Crippen molar-refractivity contribution in [1.29, 1.82) is 0 Å². The maximum absolute atomic E-state index is 12.1. The molecule has 0 aromatic carbocycles. The number of carbonyl (C=O) groups excluding carboxylic acids is 3. The number of nitrogens with zero attached hydrogens (tertiary/aromatic N) is 1. The van der Waals surface area contributed by atoms with Gasteiger partial charge in [-0.1, -0.05) is 13.8 Å². The second-order valence-corrected chi connectivity index (χ2v) is 7.80. The molecule has 2 N–H and O–H groups in total. The fourth-order valence-corrected chi connectivity index (χ4v) is 3.43. The van der Waals surface area contributed by atoms with E-state index >= 15 is 0 Å². The number of rotatable bonds is 9. The van der Waals surface area contributed by atoms with Crippen molar-refractivity contribution in [2.24, 2.45) is 0 Å². The molecule has 24 heavy (non-hydrogen) atoms. The third kappa shape index (κ3) is 7.44. The van der Waals surface area contributed by atoms with Crippen molar-refractivity contribution in [3.63, 3.8) is 0 Å². The van der Waals surface area contributed by atoms with E-state index in [-0.39, 0.29) is 24.1 Å². The van der Waals surface area contributed by atoms with E-state index in [2.05, 4.69) is 26.8 Å². The van der Waals surface area contributed by atoms with Crippen molar-refractivity contribution in [2.45, 2.75) is 46.0 Å². The van der Waals surface area contributed by atoms with E-state index in [1.54, 1.807) is 12.1 Å². The van der Waals surface area contributed by atoms with E-state index in [0.717, 1.165) is 29.7 Å². The lowest BCUT2D eigenvalue weighted by Crippen LogP contribution is -2.41. The molecule has 0 spiro atoms. The third-order valence-electron chi connectivity index (χ3n) is 3.25. The van der Waals surface area contributed by atoms with Gasteiger partial charge in [0.2, 0.25) is 11.8 Å². The summed E-state index contributed by atoms with van der Waals surface area (Å²) in [5, 5.41) is 0. The van der Waals surface area contributed by atoms with Gasteiger partial charge in [-0.3, -0.25) is 25.2 Å². The van der Waals surface area contributed by atoms with E-state index < -0.39 is 0 Å².